The molecule has 5 rings (SSSR count). The summed E-state index contributed by atoms with van der Waals surface area (Å²) in [5, 5.41) is 6.03. The second kappa shape index (κ2) is 9.40. The molecule has 1 atom stereocenters. The summed E-state index contributed by atoms with van der Waals surface area (Å²) in [6.07, 6.45) is 1.93. The summed E-state index contributed by atoms with van der Waals surface area (Å²) in [7, 11) is 0. The minimum Gasteiger partial charge on any atom is -0.318 e. The minimum atomic E-state index is -1.25. The molecule has 3 heterocycles. The average Bonchev–Trinajstić information content (AvgIpc) is 3.60. The number of hydrogen-bond donors (Lipinski definition) is 2. The lowest BCUT2D eigenvalue weighted by molar-refractivity contribution is -0.138. The van der Waals surface area contributed by atoms with E-state index in [4.69, 9.17) is 4.98 Å². The maximum Gasteiger partial charge on any atom is 0.344 e. The second-order valence-corrected chi connectivity index (χ2v) is 9.87. The molecular weight excluding hydrogens is 482 g/mol. The van der Waals surface area contributed by atoms with Crippen LogP contribution in [0.2, 0.25) is 0 Å². The molecule has 176 valence electrons. The first kappa shape index (κ1) is 22.9. The molecule has 2 N–H and O–H groups in total. The number of hydrazine groups is 1. The van der Waals surface area contributed by atoms with E-state index in [1.807, 2.05) is 64.7 Å². The zero-order valence-corrected chi connectivity index (χ0v) is 20.3. The van der Waals surface area contributed by atoms with Gasteiger partial charge in [0.2, 0.25) is 5.91 Å². The fraction of sp³-hybridized carbons (Fsp3) is 0.120. The van der Waals surface area contributed by atoms with Crippen molar-refractivity contribution in [1.29, 1.82) is 0 Å². The van der Waals surface area contributed by atoms with Gasteiger partial charge in [0, 0.05) is 11.9 Å². The van der Waals surface area contributed by atoms with Gasteiger partial charge in [-0.25, -0.2) is 9.78 Å². The van der Waals surface area contributed by atoms with E-state index in [1.165, 1.54) is 11.8 Å². The molecule has 0 saturated carbocycles. The van der Waals surface area contributed by atoms with E-state index in [2.05, 4.69) is 10.7 Å². The number of nitrogens with one attached hydrogen (secondary N) is 2. The molecule has 8 nitrogen and oxygen atoms in total. The van der Waals surface area contributed by atoms with Gasteiger partial charge >= 0.3 is 6.03 Å². The number of nitrogens with zero attached hydrogens (tertiary/aromatic N) is 3. The van der Waals surface area contributed by atoms with Gasteiger partial charge in [0.15, 0.2) is 5.16 Å². The molecule has 0 spiro atoms. The molecular formula is C25H21N5O3S2. The molecule has 0 bridgehead atoms. The van der Waals surface area contributed by atoms with Crippen LogP contribution in [0.3, 0.4) is 0 Å². The van der Waals surface area contributed by atoms with E-state index in [9.17, 15) is 14.4 Å². The van der Waals surface area contributed by atoms with E-state index < -0.39 is 23.4 Å². The van der Waals surface area contributed by atoms with Gasteiger partial charge in [-0.2, -0.15) is 5.01 Å². The summed E-state index contributed by atoms with van der Waals surface area (Å²) in [5.41, 5.74) is 3.55. The molecule has 1 unspecified atom stereocenters. The van der Waals surface area contributed by atoms with E-state index in [1.54, 1.807) is 42.5 Å². The normalized spacial score (nSPS) is 17.5. The third-order valence-electron chi connectivity index (χ3n) is 5.59. The number of amides is 4. The van der Waals surface area contributed by atoms with Crippen molar-refractivity contribution in [1.82, 2.24) is 25.3 Å². The molecule has 1 aliphatic rings. The van der Waals surface area contributed by atoms with Crippen molar-refractivity contribution in [2.24, 2.45) is 0 Å². The third kappa shape index (κ3) is 4.45. The first-order chi connectivity index (χ1) is 17.0. The molecule has 4 amide bonds. The quantitative estimate of drug-likeness (QED) is 0.291. The lowest BCUT2D eigenvalue weighted by atomic mass is 9.92. The number of carbonyl (C=O) groups is 3. The molecule has 0 aliphatic carbocycles. The Kier molecular flexibility index (Phi) is 6.14. The first-order valence-electron chi connectivity index (χ1n) is 10.8. The number of hydrogen-bond acceptors (Lipinski definition) is 6. The highest BCUT2D eigenvalue weighted by molar-refractivity contribution is 7.99. The molecule has 2 aromatic heterocycles. The van der Waals surface area contributed by atoms with Gasteiger partial charge in [-0.05, 0) is 36.1 Å². The fourth-order valence-corrected chi connectivity index (χ4v) is 5.24. The molecule has 1 saturated heterocycles. The van der Waals surface area contributed by atoms with Crippen LogP contribution in [0.1, 0.15) is 12.5 Å². The van der Waals surface area contributed by atoms with Crippen molar-refractivity contribution in [3.63, 3.8) is 0 Å². The number of para-hydroxylation sites is 1. The van der Waals surface area contributed by atoms with Crippen molar-refractivity contribution in [2.45, 2.75) is 17.6 Å². The molecule has 4 aromatic rings. The van der Waals surface area contributed by atoms with E-state index in [0.717, 1.165) is 21.3 Å². The summed E-state index contributed by atoms with van der Waals surface area (Å²) < 4.78 is 1.92. The first-order valence-corrected chi connectivity index (χ1v) is 12.7. The SMILES string of the molecule is CC1(c2ccccc2)NC(=O)N(NC(=O)CSc2nc(-c3cccs3)cn2-c2ccccc2)C1=O. The van der Waals surface area contributed by atoms with Crippen molar-refractivity contribution in [3.05, 3.63) is 89.9 Å². The zero-order valence-electron chi connectivity index (χ0n) is 18.7. The highest BCUT2D eigenvalue weighted by Crippen LogP contribution is 2.30. The van der Waals surface area contributed by atoms with Crippen molar-refractivity contribution >= 4 is 40.9 Å². The second-order valence-electron chi connectivity index (χ2n) is 7.98. The van der Waals surface area contributed by atoms with Crippen LogP contribution in [-0.2, 0) is 15.1 Å². The summed E-state index contributed by atoms with van der Waals surface area (Å²) in [6.45, 7) is 1.62. The standard InChI is InChI=1S/C25H21N5O3S2/c1-25(17-9-4-2-5-10-17)22(32)30(23(33)27-25)28-21(31)16-35-24-26-19(20-13-8-14-34-20)15-29(24)18-11-6-3-7-12-18/h2-15H,16H2,1H3,(H,27,33)(H,28,31). The van der Waals surface area contributed by atoms with Crippen LogP contribution in [0.4, 0.5) is 4.79 Å². The van der Waals surface area contributed by atoms with Gasteiger partial charge in [-0.1, -0.05) is 66.4 Å². The maximum atomic E-state index is 13.0. The van der Waals surface area contributed by atoms with Crippen LogP contribution in [0.5, 0.6) is 0 Å². The third-order valence-corrected chi connectivity index (χ3v) is 7.44. The minimum absolute atomic E-state index is 0.0349. The molecule has 1 aliphatic heterocycles. The van der Waals surface area contributed by atoms with Gasteiger partial charge in [0.1, 0.15) is 5.54 Å². The Bertz CT molecular complexity index is 1370. The Morgan fingerprint density at radius 1 is 1.06 bits per heavy atom. The molecule has 0 radical (unpaired) electrons. The van der Waals surface area contributed by atoms with E-state index in [-0.39, 0.29) is 5.75 Å². The van der Waals surface area contributed by atoms with Crippen LogP contribution >= 0.6 is 23.1 Å². The number of imide groups is 1. The van der Waals surface area contributed by atoms with E-state index in [0.29, 0.717) is 10.7 Å². The van der Waals surface area contributed by atoms with Crippen LogP contribution < -0.4 is 10.7 Å². The van der Waals surface area contributed by atoms with Crippen molar-refractivity contribution in [2.75, 3.05) is 5.75 Å². The Labute approximate surface area is 210 Å². The largest absolute Gasteiger partial charge is 0.344 e. The van der Waals surface area contributed by atoms with E-state index >= 15 is 0 Å². The number of urea groups is 1. The number of rotatable bonds is 7. The highest BCUT2D eigenvalue weighted by atomic mass is 32.2. The molecule has 1 fully saturated rings. The number of thiophene rings is 1. The van der Waals surface area contributed by atoms with Gasteiger partial charge < -0.3 is 5.32 Å². The summed E-state index contributed by atoms with van der Waals surface area (Å²) in [5.74, 6) is -1.07. The highest BCUT2D eigenvalue weighted by Gasteiger charge is 2.49. The summed E-state index contributed by atoms with van der Waals surface area (Å²) in [6, 6.07) is 21.9. The number of carbonyl (C=O) groups excluding carboxylic acids is 3. The monoisotopic (exact) mass is 503 g/mol. The predicted octanol–water partition coefficient (Wildman–Crippen LogP) is 4.19. The van der Waals surface area contributed by atoms with Gasteiger partial charge in [0.25, 0.3) is 5.91 Å². The molecule has 35 heavy (non-hydrogen) atoms. The number of aromatic nitrogens is 2. The number of benzene rings is 2. The fourth-order valence-electron chi connectivity index (χ4n) is 3.78. The van der Waals surface area contributed by atoms with Crippen LogP contribution in [-0.4, -0.2) is 38.2 Å². The molecule has 10 heteroatoms. The Balaban J connectivity index is 1.31. The van der Waals surface area contributed by atoms with Crippen molar-refractivity contribution in [3.8, 4) is 16.3 Å². The predicted molar refractivity (Wildman–Crippen MR) is 135 cm³/mol. The van der Waals surface area contributed by atoms with Gasteiger partial charge in [-0.3, -0.25) is 19.6 Å². The summed E-state index contributed by atoms with van der Waals surface area (Å²) >= 11 is 2.81. The zero-order chi connectivity index (χ0) is 24.4. The van der Waals surface area contributed by atoms with Crippen LogP contribution in [0, 0.1) is 0 Å². The Hall–Kier alpha value is -3.89. The van der Waals surface area contributed by atoms with Crippen LogP contribution in [0.25, 0.3) is 16.3 Å². The smallest absolute Gasteiger partial charge is 0.318 e. The lowest BCUT2D eigenvalue weighted by Crippen LogP contribution is -2.48. The summed E-state index contributed by atoms with van der Waals surface area (Å²) in [4.78, 5) is 44.0. The lowest BCUT2D eigenvalue weighted by Gasteiger charge is -2.22. The maximum absolute atomic E-state index is 13.0. The molecule has 2 aromatic carbocycles. The Morgan fingerprint density at radius 3 is 2.46 bits per heavy atom. The topological polar surface area (TPSA) is 96.3 Å². The number of imidazole rings is 1. The van der Waals surface area contributed by atoms with Crippen LogP contribution in [0.15, 0.2) is 89.5 Å². The Morgan fingerprint density at radius 2 is 1.77 bits per heavy atom. The van der Waals surface area contributed by atoms with Gasteiger partial charge in [0.05, 0.1) is 16.3 Å². The number of thioether (sulfide) groups is 1. The van der Waals surface area contributed by atoms with Crippen molar-refractivity contribution < 1.29 is 14.4 Å². The van der Waals surface area contributed by atoms with Gasteiger partial charge in [-0.15, -0.1) is 11.3 Å². The average molecular weight is 504 g/mol.